The normalized spacial score (nSPS) is 12.1. The summed E-state index contributed by atoms with van der Waals surface area (Å²) >= 11 is 4.66. The summed E-state index contributed by atoms with van der Waals surface area (Å²) in [6.45, 7) is 1.59. The van der Waals surface area contributed by atoms with Crippen molar-refractivity contribution >= 4 is 44.1 Å². The van der Waals surface area contributed by atoms with Gasteiger partial charge in [0.15, 0.2) is 0 Å². The predicted molar refractivity (Wildman–Crippen MR) is 62.1 cm³/mol. The van der Waals surface area contributed by atoms with Crippen LogP contribution in [-0.2, 0) is 9.59 Å². The summed E-state index contributed by atoms with van der Waals surface area (Å²) in [6.07, 6.45) is -0.154. The summed E-state index contributed by atoms with van der Waals surface area (Å²) in [6, 6.07) is 3.59. The van der Waals surface area contributed by atoms with Gasteiger partial charge >= 0.3 is 5.97 Å². The fraction of sp³-hybridized carbons (Fsp3) is 0.333. The number of carboxylic acid groups (broad SMARTS) is 1. The Balaban J connectivity index is 2.52. The molecule has 4 nitrogen and oxygen atoms in total. The summed E-state index contributed by atoms with van der Waals surface area (Å²) in [7, 11) is 0. The van der Waals surface area contributed by atoms with Crippen molar-refractivity contribution in [2.75, 3.05) is 5.32 Å². The Morgan fingerprint density at radius 1 is 1.60 bits per heavy atom. The highest BCUT2D eigenvalue weighted by Crippen LogP contribution is 2.26. The van der Waals surface area contributed by atoms with E-state index >= 15 is 0 Å². The van der Waals surface area contributed by atoms with E-state index in [1.807, 2.05) is 6.07 Å². The Morgan fingerprint density at radius 3 is 2.73 bits per heavy atom. The average molecular weight is 292 g/mol. The van der Waals surface area contributed by atoms with E-state index in [4.69, 9.17) is 5.11 Å². The zero-order chi connectivity index (χ0) is 11.4. The first-order chi connectivity index (χ1) is 6.99. The molecule has 1 aromatic rings. The standard InChI is InChI=1S/C9H10BrNO3S/c1-5(4-8(12)13)9(14)11-7-3-2-6(10)15-7/h2-3,5H,4H2,1H3,(H,11,14)(H,12,13). The SMILES string of the molecule is CC(CC(=O)O)C(=O)Nc1ccc(Br)s1. The molecule has 15 heavy (non-hydrogen) atoms. The molecule has 0 radical (unpaired) electrons. The Labute approximate surface area is 99.4 Å². The van der Waals surface area contributed by atoms with Gasteiger partial charge in [0.2, 0.25) is 5.91 Å². The third-order valence-corrected chi connectivity index (χ3v) is 3.29. The first-order valence-corrected chi connectivity index (χ1v) is 5.88. The topological polar surface area (TPSA) is 66.4 Å². The van der Waals surface area contributed by atoms with Crippen LogP contribution in [0, 0.1) is 5.92 Å². The lowest BCUT2D eigenvalue weighted by atomic mass is 10.1. The molecule has 82 valence electrons. The van der Waals surface area contributed by atoms with Gasteiger partial charge in [-0.15, -0.1) is 11.3 Å². The van der Waals surface area contributed by atoms with Gasteiger partial charge < -0.3 is 10.4 Å². The van der Waals surface area contributed by atoms with Crippen LogP contribution in [0.4, 0.5) is 5.00 Å². The van der Waals surface area contributed by atoms with Crippen LogP contribution in [0.2, 0.25) is 0 Å². The molecule has 0 saturated carbocycles. The molecule has 0 aromatic carbocycles. The van der Waals surface area contributed by atoms with E-state index in [9.17, 15) is 9.59 Å². The first kappa shape index (κ1) is 12.2. The molecule has 0 aliphatic carbocycles. The molecule has 1 amide bonds. The number of hydrogen-bond donors (Lipinski definition) is 2. The van der Waals surface area contributed by atoms with E-state index < -0.39 is 11.9 Å². The Morgan fingerprint density at radius 2 is 2.27 bits per heavy atom. The second kappa shape index (κ2) is 5.27. The molecule has 0 bridgehead atoms. The number of nitrogens with one attached hydrogen (secondary N) is 1. The number of thiophene rings is 1. The highest BCUT2D eigenvalue weighted by Gasteiger charge is 2.16. The maximum absolute atomic E-state index is 11.5. The van der Waals surface area contributed by atoms with Gasteiger partial charge in [0.05, 0.1) is 15.2 Å². The molecule has 1 rings (SSSR count). The molecular formula is C9H10BrNO3S. The Hall–Kier alpha value is -0.880. The molecule has 0 spiro atoms. The maximum atomic E-state index is 11.5. The summed E-state index contributed by atoms with van der Waals surface area (Å²) in [5, 5.41) is 11.9. The monoisotopic (exact) mass is 291 g/mol. The maximum Gasteiger partial charge on any atom is 0.304 e. The van der Waals surface area contributed by atoms with Crippen LogP contribution >= 0.6 is 27.3 Å². The van der Waals surface area contributed by atoms with Gasteiger partial charge in [0, 0.05) is 5.92 Å². The molecule has 0 fully saturated rings. The molecular weight excluding hydrogens is 282 g/mol. The van der Waals surface area contributed by atoms with E-state index in [1.54, 1.807) is 13.0 Å². The second-order valence-corrected chi connectivity index (χ2v) is 5.55. The van der Waals surface area contributed by atoms with E-state index in [-0.39, 0.29) is 12.3 Å². The van der Waals surface area contributed by atoms with Crippen LogP contribution in [0.1, 0.15) is 13.3 Å². The van der Waals surface area contributed by atoms with E-state index in [0.29, 0.717) is 5.00 Å². The number of carbonyl (C=O) groups excluding carboxylic acids is 1. The van der Waals surface area contributed by atoms with Gasteiger partial charge in [-0.05, 0) is 28.1 Å². The molecule has 6 heteroatoms. The van der Waals surface area contributed by atoms with E-state index in [1.165, 1.54) is 11.3 Å². The Bertz CT molecular complexity index is 377. The Kier molecular flexibility index (Phi) is 4.28. The second-order valence-electron chi connectivity index (χ2n) is 3.09. The summed E-state index contributed by atoms with van der Waals surface area (Å²) in [5.41, 5.74) is 0. The smallest absolute Gasteiger partial charge is 0.304 e. The van der Waals surface area contributed by atoms with E-state index in [0.717, 1.165) is 3.79 Å². The van der Waals surface area contributed by atoms with Crippen molar-refractivity contribution in [3.63, 3.8) is 0 Å². The van der Waals surface area contributed by atoms with Gasteiger partial charge in [0.25, 0.3) is 0 Å². The number of carboxylic acids is 1. The predicted octanol–water partition coefficient (Wildman–Crippen LogP) is 2.56. The van der Waals surface area contributed by atoms with Gasteiger partial charge in [-0.3, -0.25) is 9.59 Å². The van der Waals surface area contributed by atoms with Crippen LogP contribution in [0.5, 0.6) is 0 Å². The van der Waals surface area contributed by atoms with Crippen LogP contribution in [0.3, 0.4) is 0 Å². The highest BCUT2D eigenvalue weighted by atomic mass is 79.9. The number of amides is 1. The number of anilines is 1. The summed E-state index contributed by atoms with van der Waals surface area (Å²) < 4.78 is 0.920. The molecule has 1 heterocycles. The quantitative estimate of drug-likeness (QED) is 0.896. The number of carbonyl (C=O) groups is 2. The highest BCUT2D eigenvalue weighted by molar-refractivity contribution is 9.11. The fourth-order valence-electron chi connectivity index (χ4n) is 0.981. The largest absolute Gasteiger partial charge is 0.481 e. The summed E-state index contributed by atoms with van der Waals surface area (Å²) in [4.78, 5) is 21.9. The lowest BCUT2D eigenvalue weighted by molar-refractivity contribution is -0.139. The van der Waals surface area contributed by atoms with Gasteiger partial charge in [-0.1, -0.05) is 6.92 Å². The zero-order valence-electron chi connectivity index (χ0n) is 7.99. The zero-order valence-corrected chi connectivity index (χ0v) is 10.4. The molecule has 1 atom stereocenters. The molecule has 1 unspecified atom stereocenters. The molecule has 0 aliphatic heterocycles. The summed E-state index contributed by atoms with van der Waals surface area (Å²) in [5.74, 6) is -1.76. The van der Waals surface area contributed by atoms with Crippen molar-refractivity contribution < 1.29 is 14.7 Å². The number of halogens is 1. The molecule has 0 saturated heterocycles. The van der Waals surface area contributed by atoms with Gasteiger partial charge in [0.1, 0.15) is 0 Å². The van der Waals surface area contributed by atoms with Crippen LogP contribution in [0.25, 0.3) is 0 Å². The molecule has 2 N–H and O–H groups in total. The molecule has 0 aliphatic rings. The van der Waals surface area contributed by atoms with Crippen LogP contribution in [-0.4, -0.2) is 17.0 Å². The van der Waals surface area contributed by atoms with Crippen molar-refractivity contribution in [2.24, 2.45) is 5.92 Å². The van der Waals surface area contributed by atoms with Gasteiger partial charge in [-0.25, -0.2) is 0 Å². The van der Waals surface area contributed by atoms with Gasteiger partial charge in [-0.2, -0.15) is 0 Å². The minimum atomic E-state index is -0.968. The fourth-order valence-corrected chi connectivity index (χ4v) is 2.27. The number of aliphatic carboxylic acids is 1. The minimum absolute atomic E-state index is 0.154. The lowest BCUT2D eigenvalue weighted by Crippen LogP contribution is -2.22. The third kappa shape index (κ3) is 4.01. The lowest BCUT2D eigenvalue weighted by Gasteiger charge is -2.07. The minimum Gasteiger partial charge on any atom is -0.481 e. The van der Waals surface area contributed by atoms with Crippen molar-refractivity contribution in [3.8, 4) is 0 Å². The van der Waals surface area contributed by atoms with Crippen molar-refractivity contribution in [3.05, 3.63) is 15.9 Å². The van der Waals surface area contributed by atoms with Crippen molar-refractivity contribution in [1.82, 2.24) is 0 Å². The van der Waals surface area contributed by atoms with Crippen molar-refractivity contribution in [2.45, 2.75) is 13.3 Å². The first-order valence-electron chi connectivity index (χ1n) is 4.27. The average Bonchev–Trinajstić information content (AvgIpc) is 2.50. The number of hydrogen-bond acceptors (Lipinski definition) is 3. The van der Waals surface area contributed by atoms with Crippen LogP contribution in [0.15, 0.2) is 15.9 Å². The van der Waals surface area contributed by atoms with Crippen LogP contribution < -0.4 is 5.32 Å². The van der Waals surface area contributed by atoms with E-state index in [2.05, 4.69) is 21.2 Å². The van der Waals surface area contributed by atoms with Crippen molar-refractivity contribution in [1.29, 1.82) is 0 Å². The number of rotatable bonds is 4. The molecule has 1 aromatic heterocycles. The third-order valence-electron chi connectivity index (χ3n) is 1.75.